The maximum absolute atomic E-state index is 12.3. The monoisotopic (exact) mass is 280 g/mol. The molecule has 1 heterocycles. The molecule has 0 bridgehead atoms. The van der Waals surface area contributed by atoms with Gasteiger partial charge in [-0.05, 0) is 36.1 Å². The fourth-order valence-corrected chi connectivity index (χ4v) is 2.41. The smallest absolute Gasteiger partial charge is 0.206 e. The summed E-state index contributed by atoms with van der Waals surface area (Å²) in [5.74, 6) is 0.554. The molecule has 0 amide bonds. The van der Waals surface area contributed by atoms with Crippen molar-refractivity contribution in [2.45, 2.75) is 13.3 Å². The lowest BCUT2D eigenvalue weighted by Crippen LogP contribution is -2.04. The number of thiophene rings is 1. The van der Waals surface area contributed by atoms with Crippen molar-refractivity contribution in [3.8, 4) is 5.75 Å². The maximum atomic E-state index is 12.3. The van der Waals surface area contributed by atoms with E-state index in [-0.39, 0.29) is 5.78 Å². The second kappa shape index (κ2) is 6.03. The topological polar surface area (TPSA) is 26.3 Å². The van der Waals surface area contributed by atoms with Gasteiger partial charge in [-0.25, -0.2) is 0 Å². The van der Waals surface area contributed by atoms with E-state index < -0.39 is 0 Å². The third-order valence-corrected chi connectivity index (χ3v) is 3.50. The Balaban J connectivity index is 2.35. The molecule has 1 aromatic carbocycles. The van der Waals surface area contributed by atoms with Gasteiger partial charge in [-0.3, -0.25) is 4.79 Å². The highest BCUT2D eigenvalue weighted by molar-refractivity contribution is 7.12. The molecule has 2 rings (SSSR count). The minimum atomic E-state index is -0.0430. The van der Waals surface area contributed by atoms with Crippen LogP contribution in [0.4, 0.5) is 0 Å². The number of carbonyl (C=O) groups excluding carboxylic acids is 1. The van der Waals surface area contributed by atoms with Crippen LogP contribution < -0.4 is 4.74 Å². The molecule has 0 fully saturated rings. The lowest BCUT2D eigenvalue weighted by Gasteiger charge is -2.09. The van der Waals surface area contributed by atoms with Crippen LogP contribution in [0.2, 0.25) is 5.02 Å². The first-order valence-electron chi connectivity index (χ1n) is 5.73. The van der Waals surface area contributed by atoms with Crippen molar-refractivity contribution < 1.29 is 9.53 Å². The number of hydrogen-bond acceptors (Lipinski definition) is 3. The number of hydrogen-bond donors (Lipinski definition) is 0. The van der Waals surface area contributed by atoms with Crippen molar-refractivity contribution in [2.24, 2.45) is 0 Å². The molecule has 0 radical (unpaired) electrons. The second-order valence-electron chi connectivity index (χ2n) is 3.80. The van der Waals surface area contributed by atoms with E-state index in [9.17, 15) is 4.79 Å². The highest BCUT2D eigenvalue weighted by atomic mass is 35.5. The SMILES string of the molecule is CCCOc1ccc(Cl)cc1C(=O)c1cccs1. The summed E-state index contributed by atoms with van der Waals surface area (Å²) in [6, 6.07) is 8.80. The summed E-state index contributed by atoms with van der Waals surface area (Å²) in [4.78, 5) is 13.0. The number of ketones is 1. The van der Waals surface area contributed by atoms with Gasteiger partial charge in [0.1, 0.15) is 5.75 Å². The molecule has 94 valence electrons. The first-order chi connectivity index (χ1) is 8.72. The summed E-state index contributed by atoms with van der Waals surface area (Å²) < 4.78 is 5.59. The minimum absolute atomic E-state index is 0.0430. The Morgan fingerprint density at radius 1 is 1.39 bits per heavy atom. The molecule has 0 unspecified atom stereocenters. The van der Waals surface area contributed by atoms with E-state index in [0.717, 1.165) is 6.42 Å². The second-order valence-corrected chi connectivity index (χ2v) is 5.18. The van der Waals surface area contributed by atoms with Crippen molar-refractivity contribution in [1.29, 1.82) is 0 Å². The Hall–Kier alpha value is -1.32. The van der Waals surface area contributed by atoms with E-state index in [0.29, 0.717) is 27.8 Å². The van der Waals surface area contributed by atoms with Crippen molar-refractivity contribution >= 4 is 28.7 Å². The van der Waals surface area contributed by atoms with Crippen molar-refractivity contribution in [3.05, 3.63) is 51.2 Å². The highest BCUT2D eigenvalue weighted by Gasteiger charge is 2.16. The van der Waals surface area contributed by atoms with Crippen LogP contribution in [0.3, 0.4) is 0 Å². The van der Waals surface area contributed by atoms with Gasteiger partial charge in [-0.15, -0.1) is 11.3 Å². The van der Waals surface area contributed by atoms with Gasteiger partial charge < -0.3 is 4.74 Å². The van der Waals surface area contributed by atoms with Gasteiger partial charge in [-0.2, -0.15) is 0 Å². The third-order valence-electron chi connectivity index (χ3n) is 2.39. The Morgan fingerprint density at radius 2 is 2.22 bits per heavy atom. The number of ether oxygens (including phenoxy) is 1. The summed E-state index contributed by atoms with van der Waals surface area (Å²) in [6.07, 6.45) is 0.898. The Labute approximate surface area is 115 Å². The molecule has 0 aliphatic heterocycles. The predicted molar refractivity (Wildman–Crippen MR) is 75.0 cm³/mol. The van der Waals surface area contributed by atoms with E-state index >= 15 is 0 Å². The molecule has 1 aromatic heterocycles. The van der Waals surface area contributed by atoms with E-state index in [4.69, 9.17) is 16.3 Å². The Morgan fingerprint density at radius 3 is 2.89 bits per heavy atom. The van der Waals surface area contributed by atoms with Crippen LogP contribution in [0, 0.1) is 0 Å². The van der Waals surface area contributed by atoms with E-state index in [1.54, 1.807) is 24.3 Å². The van der Waals surface area contributed by atoms with Crippen LogP contribution in [0.1, 0.15) is 28.6 Å². The summed E-state index contributed by atoms with van der Waals surface area (Å²) in [5, 5.41) is 2.42. The molecular weight excluding hydrogens is 268 g/mol. The number of rotatable bonds is 5. The Kier molecular flexibility index (Phi) is 4.39. The largest absolute Gasteiger partial charge is 0.493 e. The highest BCUT2D eigenvalue weighted by Crippen LogP contribution is 2.27. The summed E-state index contributed by atoms with van der Waals surface area (Å²) in [6.45, 7) is 2.61. The normalized spacial score (nSPS) is 10.3. The van der Waals surface area contributed by atoms with Crippen LogP contribution in [0.15, 0.2) is 35.7 Å². The molecule has 0 aliphatic rings. The maximum Gasteiger partial charge on any atom is 0.206 e. The number of benzene rings is 1. The van der Waals surface area contributed by atoms with Gasteiger partial charge in [0.25, 0.3) is 0 Å². The van der Waals surface area contributed by atoms with Gasteiger partial charge >= 0.3 is 0 Å². The molecule has 0 atom stereocenters. The van der Waals surface area contributed by atoms with Gasteiger partial charge in [0.15, 0.2) is 0 Å². The molecule has 0 spiro atoms. The summed E-state index contributed by atoms with van der Waals surface area (Å²) >= 11 is 7.37. The molecule has 2 nitrogen and oxygen atoms in total. The van der Waals surface area contributed by atoms with Crippen molar-refractivity contribution in [3.63, 3.8) is 0 Å². The average molecular weight is 281 g/mol. The fourth-order valence-electron chi connectivity index (χ4n) is 1.56. The molecule has 18 heavy (non-hydrogen) atoms. The molecule has 0 saturated carbocycles. The molecule has 0 N–H and O–H groups in total. The van der Waals surface area contributed by atoms with Gasteiger partial charge in [0.2, 0.25) is 5.78 Å². The first kappa shape index (κ1) is 13.1. The molecule has 4 heteroatoms. The first-order valence-corrected chi connectivity index (χ1v) is 6.98. The van der Waals surface area contributed by atoms with Crippen LogP contribution in [-0.2, 0) is 0 Å². The van der Waals surface area contributed by atoms with Gasteiger partial charge in [0, 0.05) is 5.02 Å². The lowest BCUT2D eigenvalue weighted by molar-refractivity contribution is 0.103. The summed E-state index contributed by atoms with van der Waals surface area (Å²) in [7, 11) is 0. The minimum Gasteiger partial charge on any atom is -0.493 e. The zero-order valence-corrected chi connectivity index (χ0v) is 11.6. The average Bonchev–Trinajstić information content (AvgIpc) is 2.90. The number of halogens is 1. The molecular formula is C14H13ClO2S. The zero-order chi connectivity index (χ0) is 13.0. The van der Waals surface area contributed by atoms with Gasteiger partial charge in [-0.1, -0.05) is 24.6 Å². The standard InChI is InChI=1S/C14H13ClO2S/c1-2-7-17-12-6-5-10(15)9-11(12)14(16)13-4-3-8-18-13/h3-6,8-9H,2,7H2,1H3. The predicted octanol–water partition coefficient (Wildman–Crippen LogP) is 4.42. The van der Waals surface area contributed by atoms with Crippen LogP contribution in [0.25, 0.3) is 0 Å². The van der Waals surface area contributed by atoms with Gasteiger partial charge in [0.05, 0.1) is 17.0 Å². The number of carbonyl (C=O) groups is 1. The van der Waals surface area contributed by atoms with E-state index in [1.807, 2.05) is 18.4 Å². The Bertz CT molecular complexity index is 535. The quantitative estimate of drug-likeness (QED) is 0.758. The van der Waals surface area contributed by atoms with Crippen LogP contribution in [-0.4, -0.2) is 12.4 Å². The van der Waals surface area contributed by atoms with E-state index in [2.05, 4.69) is 0 Å². The fraction of sp³-hybridized carbons (Fsp3) is 0.214. The third kappa shape index (κ3) is 2.92. The summed E-state index contributed by atoms with van der Waals surface area (Å²) in [5.41, 5.74) is 0.526. The lowest BCUT2D eigenvalue weighted by atomic mass is 10.1. The molecule has 2 aromatic rings. The zero-order valence-electron chi connectivity index (χ0n) is 9.98. The van der Waals surface area contributed by atoms with E-state index in [1.165, 1.54) is 11.3 Å². The molecule has 0 saturated heterocycles. The molecule has 0 aliphatic carbocycles. The van der Waals surface area contributed by atoms with Crippen molar-refractivity contribution in [2.75, 3.05) is 6.61 Å². The van der Waals surface area contributed by atoms with Crippen LogP contribution >= 0.6 is 22.9 Å². The van der Waals surface area contributed by atoms with Crippen LogP contribution in [0.5, 0.6) is 5.75 Å². The van der Waals surface area contributed by atoms with Crippen molar-refractivity contribution in [1.82, 2.24) is 0 Å².